The molecule has 2 aromatic rings. The molecule has 2 unspecified atom stereocenters. The Labute approximate surface area is 143 Å². The van der Waals surface area contributed by atoms with Crippen molar-refractivity contribution in [3.05, 3.63) is 16.3 Å². The summed E-state index contributed by atoms with van der Waals surface area (Å²) in [5.41, 5.74) is 6.37. The number of carboxylic acid groups (broad SMARTS) is 1. The number of fused-ring (bicyclic) bond motifs is 3. The molecule has 0 radical (unpaired) electrons. The van der Waals surface area contributed by atoms with Crippen LogP contribution in [0, 0.1) is 12.8 Å². The highest BCUT2D eigenvalue weighted by molar-refractivity contribution is 7.19. The van der Waals surface area contributed by atoms with Gasteiger partial charge in [-0.05, 0) is 37.7 Å². The molecule has 1 aliphatic carbocycles. The fourth-order valence-electron chi connectivity index (χ4n) is 3.12. The summed E-state index contributed by atoms with van der Waals surface area (Å²) < 4.78 is 0. The Balaban J connectivity index is 2.06. The number of carbonyl (C=O) groups excluding carboxylic acids is 1. The molecule has 4 N–H and O–H groups in total. The first-order valence-corrected chi connectivity index (χ1v) is 8.73. The summed E-state index contributed by atoms with van der Waals surface area (Å²) in [6.07, 6.45) is 2.75. The number of rotatable bonds is 5. The number of anilines is 1. The summed E-state index contributed by atoms with van der Waals surface area (Å²) >= 11 is 1.65. The van der Waals surface area contributed by atoms with Gasteiger partial charge in [-0.1, -0.05) is 6.92 Å². The highest BCUT2D eigenvalue weighted by atomic mass is 32.1. The molecule has 24 heavy (non-hydrogen) atoms. The molecule has 0 saturated carbocycles. The summed E-state index contributed by atoms with van der Waals surface area (Å²) in [5.74, 6) is -0.107. The second-order valence-corrected chi connectivity index (χ2v) is 7.44. The van der Waals surface area contributed by atoms with Crippen molar-refractivity contribution in [3.8, 4) is 0 Å². The zero-order valence-corrected chi connectivity index (χ0v) is 14.4. The molecule has 7 nitrogen and oxygen atoms in total. The normalized spacial score (nSPS) is 18.2. The van der Waals surface area contributed by atoms with E-state index in [1.54, 1.807) is 18.3 Å². The third-order valence-corrected chi connectivity index (χ3v) is 5.43. The van der Waals surface area contributed by atoms with Gasteiger partial charge >= 0.3 is 5.97 Å². The van der Waals surface area contributed by atoms with Gasteiger partial charge in [-0.25, -0.2) is 14.8 Å². The minimum atomic E-state index is -1.13. The maximum absolute atomic E-state index is 11.4. The number of thiophene rings is 1. The van der Waals surface area contributed by atoms with Gasteiger partial charge in [0, 0.05) is 4.88 Å². The third-order valence-electron chi connectivity index (χ3n) is 4.28. The number of carbonyl (C=O) groups is 2. The van der Waals surface area contributed by atoms with Crippen LogP contribution in [0.4, 0.5) is 5.82 Å². The molecule has 3 rings (SSSR count). The Morgan fingerprint density at radius 1 is 1.46 bits per heavy atom. The Morgan fingerprint density at radius 2 is 2.21 bits per heavy atom. The van der Waals surface area contributed by atoms with Crippen molar-refractivity contribution in [3.63, 3.8) is 0 Å². The van der Waals surface area contributed by atoms with Crippen LogP contribution in [0.5, 0.6) is 0 Å². The Morgan fingerprint density at radius 3 is 2.88 bits per heavy atom. The summed E-state index contributed by atoms with van der Waals surface area (Å²) in [4.78, 5) is 33.6. The average Bonchev–Trinajstić information content (AvgIpc) is 2.82. The topological polar surface area (TPSA) is 118 Å². The molecule has 2 heterocycles. The average molecular weight is 348 g/mol. The lowest BCUT2D eigenvalue weighted by atomic mass is 9.89. The molecule has 128 valence electrons. The lowest BCUT2D eigenvalue weighted by molar-refractivity contribution is -0.139. The van der Waals surface area contributed by atoms with Gasteiger partial charge in [-0.2, -0.15) is 0 Å². The Bertz CT molecular complexity index is 817. The van der Waals surface area contributed by atoms with Crippen LogP contribution < -0.4 is 11.1 Å². The zero-order valence-electron chi connectivity index (χ0n) is 13.6. The third kappa shape index (κ3) is 3.19. The van der Waals surface area contributed by atoms with Gasteiger partial charge in [0.15, 0.2) is 0 Å². The fourth-order valence-corrected chi connectivity index (χ4v) is 4.55. The SMILES string of the molecule is Cc1nc(NC(CC(N)=O)C(=O)O)c2c3c(sc2n1)CC(C)CC3. The van der Waals surface area contributed by atoms with E-state index < -0.39 is 17.9 Å². The lowest BCUT2D eigenvalue weighted by Gasteiger charge is -2.19. The van der Waals surface area contributed by atoms with E-state index in [1.807, 2.05) is 0 Å². The van der Waals surface area contributed by atoms with Crippen molar-refractivity contribution >= 4 is 39.2 Å². The number of hydrogen-bond acceptors (Lipinski definition) is 6. The lowest BCUT2D eigenvalue weighted by Crippen LogP contribution is -2.34. The first-order chi connectivity index (χ1) is 11.3. The number of nitrogens with one attached hydrogen (secondary N) is 1. The maximum Gasteiger partial charge on any atom is 0.326 e. The van der Waals surface area contributed by atoms with E-state index in [4.69, 9.17) is 5.73 Å². The number of aryl methyl sites for hydroxylation is 2. The number of amides is 1. The number of nitrogens with zero attached hydrogens (tertiary/aromatic N) is 2. The number of primary amides is 1. The quantitative estimate of drug-likeness (QED) is 0.759. The molecule has 2 aromatic heterocycles. The summed E-state index contributed by atoms with van der Waals surface area (Å²) in [6, 6.07) is -1.10. The van der Waals surface area contributed by atoms with Crippen LogP contribution in [0.1, 0.15) is 36.0 Å². The molecule has 1 aliphatic rings. The summed E-state index contributed by atoms with van der Waals surface area (Å²) in [7, 11) is 0. The second kappa shape index (κ2) is 6.35. The van der Waals surface area contributed by atoms with Gasteiger partial charge < -0.3 is 16.2 Å². The zero-order chi connectivity index (χ0) is 17.4. The molecule has 0 fully saturated rings. The molecule has 0 aromatic carbocycles. The molecule has 0 aliphatic heterocycles. The number of aliphatic carboxylic acids is 1. The van der Waals surface area contributed by atoms with Crippen LogP contribution >= 0.6 is 11.3 Å². The molecule has 0 spiro atoms. The highest BCUT2D eigenvalue weighted by Gasteiger charge is 2.26. The summed E-state index contributed by atoms with van der Waals surface area (Å²) in [5, 5.41) is 13.1. The van der Waals surface area contributed by atoms with Gasteiger partial charge in [0.25, 0.3) is 0 Å². The molecule has 0 saturated heterocycles. The second-order valence-electron chi connectivity index (χ2n) is 6.36. The Hall–Kier alpha value is -2.22. The van der Waals surface area contributed by atoms with E-state index >= 15 is 0 Å². The van der Waals surface area contributed by atoms with Crippen LogP contribution in [0.3, 0.4) is 0 Å². The van der Waals surface area contributed by atoms with Gasteiger partial charge in [0.1, 0.15) is 22.5 Å². The van der Waals surface area contributed by atoms with Crippen molar-refractivity contribution in [1.29, 1.82) is 0 Å². The van der Waals surface area contributed by atoms with Crippen molar-refractivity contribution in [1.82, 2.24) is 9.97 Å². The number of hydrogen-bond donors (Lipinski definition) is 3. The molecular weight excluding hydrogens is 328 g/mol. The number of aromatic nitrogens is 2. The molecule has 2 atom stereocenters. The van der Waals surface area contributed by atoms with Gasteiger partial charge in [-0.15, -0.1) is 11.3 Å². The van der Waals surface area contributed by atoms with E-state index in [2.05, 4.69) is 22.2 Å². The molecular formula is C16H20N4O3S. The minimum Gasteiger partial charge on any atom is -0.480 e. The molecule has 8 heteroatoms. The van der Waals surface area contributed by atoms with E-state index in [0.717, 1.165) is 29.5 Å². The van der Waals surface area contributed by atoms with E-state index in [9.17, 15) is 14.7 Å². The number of carboxylic acids is 1. The van der Waals surface area contributed by atoms with Crippen molar-refractivity contribution < 1.29 is 14.7 Å². The highest BCUT2D eigenvalue weighted by Crippen LogP contribution is 2.40. The fraction of sp³-hybridized carbons (Fsp3) is 0.500. The van der Waals surface area contributed by atoms with Gasteiger partial charge in [0.2, 0.25) is 5.91 Å². The van der Waals surface area contributed by atoms with E-state index in [0.29, 0.717) is 17.6 Å². The van der Waals surface area contributed by atoms with Crippen LogP contribution in [0.15, 0.2) is 0 Å². The smallest absolute Gasteiger partial charge is 0.326 e. The molecule has 0 bridgehead atoms. The van der Waals surface area contributed by atoms with E-state index in [-0.39, 0.29) is 6.42 Å². The first-order valence-electron chi connectivity index (χ1n) is 7.91. The predicted molar refractivity (Wildman–Crippen MR) is 92.2 cm³/mol. The summed E-state index contributed by atoms with van der Waals surface area (Å²) in [6.45, 7) is 4.01. The van der Waals surface area contributed by atoms with Crippen molar-refractivity contribution in [2.75, 3.05) is 5.32 Å². The van der Waals surface area contributed by atoms with E-state index in [1.165, 1.54) is 10.4 Å². The van der Waals surface area contributed by atoms with Crippen LogP contribution in [0.2, 0.25) is 0 Å². The van der Waals surface area contributed by atoms with Crippen LogP contribution in [-0.2, 0) is 22.4 Å². The minimum absolute atomic E-state index is 0.288. The van der Waals surface area contributed by atoms with Gasteiger partial charge in [-0.3, -0.25) is 4.79 Å². The van der Waals surface area contributed by atoms with Crippen LogP contribution in [-0.4, -0.2) is 33.0 Å². The monoisotopic (exact) mass is 348 g/mol. The largest absolute Gasteiger partial charge is 0.480 e. The first kappa shape index (κ1) is 16.6. The van der Waals surface area contributed by atoms with Gasteiger partial charge in [0.05, 0.1) is 11.8 Å². The molecule has 1 amide bonds. The Kier molecular flexibility index (Phi) is 4.40. The van der Waals surface area contributed by atoms with Crippen LogP contribution in [0.25, 0.3) is 10.2 Å². The predicted octanol–water partition coefficient (Wildman–Crippen LogP) is 1.87. The van der Waals surface area contributed by atoms with Crippen molar-refractivity contribution in [2.24, 2.45) is 11.7 Å². The number of nitrogens with two attached hydrogens (primary N) is 1. The van der Waals surface area contributed by atoms with Crippen molar-refractivity contribution in [2.45, 2.75) is 45.6 Å². The maximum atomic E-state index is 11.4. The standard InChI is InChI=1S/C16H20N4O3S/c1-7-3-4-9-11(5-7)24-15-13(9)14(18-8(2)19-15)20-10(16(22)23)6-12(17)21/h7,10H,3-6H2,1-2H3,(H2,17,21)(H,22,23)(H,18,19,20).